The third-order valence-corrected chi connectivity index (χ3v) is 1.14. The van der Waals surface area contributed by atoms with Gasteiger partial charge in [0, 0.05) is 13.2 Å². The third-order valence-electron chi connectivity index (χ3n) is 1.14. The van der Waals surface area contributed by atoms with E-state index in [0.717, 1.165) is 0 Å². The first-order chi connectivity index (χ1) is 4.75. The number of nitrogens with two attached hydrogens (primary N) is 1. The average Bonchev–Trinajstić information content (AvgIpc) is 2.33. The second-order valence-corrected chi connectivity index (χ2v) is 1.76. The third kappa shape index (κ3) is 0.928. The summed E-state index contributed by atoms with van der Waals surface area (Å²) in [4.78, 5) is 10.6. The summed E-state index contributed by atoms with van der Waals surface area (Å²) >= 11 is 0. The molecule has 0 fully saturated rings. The highest BCUT2D eigenvalue weighted by atomic mass is 16.1. The van der Waals surface area contributed by atoms with Gasteiger partial charge in [-0.15, -0.1) is 0 Å². The molecule has 0 aliphatic rings. The summed E-state index contributed by atoms with van der Waals surface area (Å²) in [5.74, 6) is -0.00870. The molecule has 4 N–H and O–H groups in total. The molecular weight excluding hydrogens is 132 g/mol. The lowest BCUT2D eigenvalue weighted by molar-refractivity contribution is 0.100. The van der Waals surface area contributed by atoms with Crippen LogP contribution in [0.2, 0.25) is 0 Å². The lowest BCUT2D eigenvalue weighted by atomic mass is 10.3. The van der Waals surface area contributed by atoms with Gasteiger partial charge in [-0.3, -0.25) is 9.89 Å². The number of nitrogens with zero attached hydrogens (tertiary/aromatic N) is 1. The molecule has 0 aliphatic heterocycles. The van der Waals surface area contributed by atoms with Gasteiger partial charge < -0.3 is 11.1 Å². The van der Waals surface area contributed by atoms with E-state index in [1.807, 2.05) is 0 Å². The molecule has 10 heavy (non-hydrogen) atoms. The van der Waals surface area contributed by atoms with Crippen molar-refractivity contribution >= 4 is 11.7 Å². The molecule has 1 amide bonds. The van der Waals surface area contributed by atoms with Crippen LogP contribution in [0.5, 0.6) is 0 Å². The SMILES string of the molecule is CNc1n[nH]cc1C(N)=O. The molecule has 1 aromatic heterocycles. The van der Waals surface area contributed by atoms with Crippen molar-refractivity contribution in [1.29, 1.82) is 0 Å². The fourth-order valence-electron chi connectivity index (χ4n) is 0.668. The van der Waals surface area contributed by atoms with E-state index in [-0.39, 0.29) is 0 Å². The van der Waals surface area contributed by atoms with Gasteiger partial charge in [0.1, 0.15) is 5.56 Å². The standard InChI is InChI=1S/C5H8N4O/c1-7-5-3(4(6)10)2-8-9-5/h2H,1H3,(H2,6,10)(H2,7,8,9). The predicted molar refractivity (Wildman–Crippen MR) is 36.7 cm³/mol. The highest BCUT2D eigenvalue weighted by Crippen LogP contribution is 2.07. The molecule has 0 saturated carbocycles. The Hall–Kier alpha value is -1.52. The van der Waals surface area contributed by atoms with E-state index in [0.29, 0.717) is 11.4 Å². The van der Waals surface area contributed by atoms with E-state index in [9.17, 15) is 4.79 Å². The van der Waals surface area contributed by atoms with E-state index in [4.69, 9.17) is 5.73 Å². The van der Waals surface area contributed by atoms with E-state index in [1.165, 1.54) is 6.20 Å². The highest BCUT2D eigenvalue weighted by Gasteiger charge is 2.07. The molecule has 54 valence electrons. The molecule has 5 heteroatoms. The van der Waals surface area contributed by atoms with E-state index in [2.05, 4.69) is 15.5 Å². The second kappa shape index (κ2) is 2.38. The fourth-order valence-corrected chi connectivity index (χ4v) is 0.668. The molecule has 0 radical (unpaired) electrons. The fraction of sp³-hybridized carbons (Fsp3) is 0.200. The maximum atomic E-state index is 10.6. The Morgan fingerprint density at radius 2 is 2.60 bits per heavy atom. The van der Waals surface area contributed by atoms with Crippen LogP contribution in [0, 0.1) is 0 Å². The molecule has 0 atom stereocenters. The zero-order valence-electron chi connectivity index (χ0n) is 5.51. The molecule has 0 aromatic carbocycles. The number of H-pyrrole nitrogens is 1. The number of carbonyl (C=O) groups is 1. The topological polar surface area (TPSA) is 83.8 Å². The second-order valence-electron chi connectivity index (χ2n) is 1.76. The maximum Gasteiger partial charge on any atom is 0.254 e. The van der Waals surface area contributed by atoms with Gasteiger partial charge in [-0.05, 0) is 0 Å². The van der Waals surface area contributed by atoms with Crippen molar-refractivity contribution in [3.8, 4) is 0 Å². The lowest BCUT2D eigenvalue weighted by Crippen LogP contribution is -2.11. The summed E-state index contributed by atoms with van der Waals surface area (Å²) in [5.41, 5.74) is 5.37. The molecule has 5 nitrogen and oxygen atoms in total. The van der Waals surface area contributed by atoms with Crippen LogP contribution < -0.4 is 11.1 Å². The number of hydrogen-bond acceptors (Lipinski definition) is 3. The zero-order chi connectivity index (χ0) is 7.56. The lowest BCUT2D eigenvalue weighted by Gasteiger charge is -1.93. The Labute approximate surface area is 57.6 Å². The molecule has 0 saturated heterocycles. The molecule has 0 aliphatic carbocycles. The largest absolute Gasteiger partial charge is 0.371 e. The van der Waals surface area contributed by atoms with Crippen LogP contribution in [0.15, 0.2) is 6.20 Å². The molecular formula is C5H8N4O. The van der Waals surface area contributed by atoms with Crippen molar-refractivity contribution in [3.05, 3.63) is 11.8 Å². The summed E-state index contributed by atoms with van der Waals surface area (Å²) in [5, 5.41) is 8.95. The van der Waals surface area contributed by atoms with Crippen molar-refractivity contribution in [1.82, 2.24) is 10.2 Å². The summed E-state index contributed by atoms with van der Waals surface area (Å²) in [6.07, 6.45) is 1.45. The van der Waals surface area contributed by atoms with Gasteiger partial charge in [0.25, 0.3) is 5.91 Å². The van der Waals surface area contributed by atoms with Gasteiger partial charge in [-0.2, -0.15) is 5.10 Å². The number of hydrogen-bond donors (Lipinski definition) is 3. The van der Waals surface area contributed by atoms with Gasteiger partial charge in [0.05, 0.1) is 0 Å². The van der Waals surface area contributed by atoms with Crippen molar-refractivity contribution in [2.45, 2.75) is 0 Å². The minimum absolute atomic E-state index is 0.377. The van der Waals surface area contributed by atoms with Crippen LogP contribution in [-0.2, 0) is 0 Å². The summed E-state index contributed by atoms with van der Waals surface area (Å²) < 4.78 is 0. The smallest absolute Gasteiger partial charge is 0.254 e. The Kier molecular flexibility index (Phi) is 1.57. The average molecular weight is 140 g/mol. The number of aromatic amines is 1. The van der Waals surface area contributed by atoms with Crippen molar-refractivity contribution in [2.75, 3.05) is 12.4 Å². The Morgan fingerprint density at radius 3 is 3.00 bits per heavy atom. The van der Waals surface area contributed by atoms with Crippen LogP contribution in [0.3, 0.4) is 0 Å². The summed E-state index contributed by atoms with van der Waals surface area (Å²) in [7, 11) is 1.67. The van der Waals surface area contributed by atoms with Gasteiger partial charge in [0.2, 0.25) is 0 Å². The van der Waals surface area contributed by atoms with Gasteiger partial charge >= 0.3 is 0 Å². The van der Waals surface area contributed by atoms with Gasteiger partial charge in [-0.25, -0.2) is 0 Å². The van der Waals surface area contributed by atoms with Crippen LogP contribution in [0.1, 0.15) is 10.4 Å². The van der Waals surface area contributed by atoms with Gasteiger partial charge in [-0.1, -0.05) is 0 Å². The first-order valence-electron chi connectivity index (χ1n) is 2.77. The minimum atomic E-state index is -0.488. The predicted octanol–water partition coefficient (Wildman–Crippen LogP) is -0.450. The van der Waals surface area contributed by atoms with E-state index >= 15 is 0 Å². The minimum Gasteiger partial charge on any atom is -0.371 e. The van der Waals surface area contributed by atoms with Gasteiger partial charge in [0.15, 0.2) is 5.82 Å². The Morgan fingerprint density at radius 1 is 1.90 bits per heavy atom. The Bertz CT molecular complexity index is 242. The number of carbonyl (C=O) groups excluding carboxylic acids is 1. The molecule has 1 heterocycles. The van der Waals surface area contributed by atoms with E-state index < -0.39 is 5.91 Å². The number of anilines is 1. The zero-order valence-corrected chi connectivity index (χ0v) is 5.51. The summed E-state index contributed by atoms with van der Waals surface area (Å²) in [6.45, 7) is 0. The van der Waals surface area contributed by atoms with Crippen LogP contribution in [0.25, 0.3) is 0 Å². The summed E-state index contributed by atoms with van der Waals surface area (Å²) in [6, 6.07) is 0. The number of amides is 1. The number of rotatable bonds is 2. The quantitative estimate of drug-likeness (QED) is 0.520. The maximum absolute atomic E-state index is 10.6. The van der Waals surface area contributed by atoms with Crippen LogP contribution in [-0.4, -0.2) is 23.2 Å². The molecule has 0 spiro atoms. The molecule has 1 rings (SSSR count). The monoisotopic (exact) mass is 140 g/mol. The Balaban J connectivity index is 3.01. The molecule has 1 aromatic rings. The van der Waals surface area contributed by atoms with Crippen molar-refractivity contribution in [2.24, 2.45) is 5.73 Å². The first kappa shape index (κ1) is 6.60. The molecule has 0 unspecified atom stereocenters. The van der Waals surface area contributed by atoms with E-state index in [1.54, 1.807) is 7.05 Å². The first-order valence-corrected chi connectivity index (χ1v) is 2.77. The van der Waals surface area contributed by atoms with Crippen LogP contribution >= 0.6 is 0 Å². The number of nitrogens with one attached hydrogen (secondary N) is 2. The van der Waals surface area contributed by atoms with Crippen molar-refractivity contribution in [3.63, 3.8) is 0 Å². The molecule has 0 bridgehead atoms. The van der Waals surface area contributed by atoms with Crippen LogP contribution in [0.4, 0.5) is 5.82 Å². The number of primary amides is 1. The van der Waals surface area contributed by atoms with Crippen molar-refractivity contribution < 1.29 is 4.79 Å². The number of aromatic nitrogens is 2. The highest BCUT2D eigenvalue weighted by molar-refractivity contribution is 5.97. The normalized spacial score (nSPS) is 9.30.